The Kier molecular flexibility index (Phi) is 2.88. The molecule has 2 bridgehead atoms. The van der Waals surface area contributed by atoms with Gasteiger partial charge in [-0.25, -0.2) is 0 Å². The van der Waals surface area contributed by atoms with E-state index in [0.717, 1.165) is 30.8 Å². The summed E-state index contributed by atoms with van der Waals surface area (Å²) < 4.78 is 5.66. The van der Waals surface area contributed by atoms with Crippen LogP contribution in [0.3, 0.4) is 0 Å². The molecule has 0 radical (unpaired) electrons. The predicted molar refractivity (Wildman–Crippen MR) is 75.1 cm³/mol. The van der Waals surface area contributed by atoms with Crippen LogP contribution in [0.5, 0.6) is 0 Å². The number of nitrogens with one attached hydrogen (secondary N) is 1. The van der Waals surface area contributed by atoms with Crippen LogP contribution in [0, 0.1) is 12.8 Å². The van der Waals surface area contributed by atoms with Gasteiger partial charge < -0.3 is 14.6 Å². The molecule has 4 nitrogen and oxygen atoms in total. The maximum absolute atomic E-state index is 12.9. The first kappa shape index (κ1) is 12.5. The SMILES string of the molecule is Cc1ccc(CN(C(=O)C2CC3CCC2N3)C2CC2)o1. The van der Waals surface area contributed by atoms with Gasteiger partial charge in [0, 0.05) is 18.1 Å². The van der Waals surface area contributed by atoms with Crippen LogP contribution in [0.4, 0.5) is 0 Å². The van der Waals surface area contributed by atoms with E-state index in [-0.39, 0.29) is 5.92 Å². The Morgan fingerprint density at radius 3 is 2.75 bits per heavy atom. The minimum absolute atomic E-state index is 0.199. The lowest BCUT2D eigenvalue weighted by atomic mass is 9.88. The van der Waals surface area contributed by atoms with Gasteiger partial charge in [0.05, 0.1) is 12.5 Å². The highest BCUT2D eigenvalue weighted by atomic mass is 16.3. The maximum Gasteiger partial charge on any atom is 0.227 e. The highest BCUT2D eigenvalue weighted by Crippen LogP contribution is 2.37. The van der Waals surface area contributed by atoms with Gasteiger partial charge in [-0.2, -0.15) is 0 Å². The van der Waals surface area contributed by atoms with E-state index in [1.54, 1.807) is 0 Å². The molecular formula is C16H22N2O2. The van der Waals surface area contributed by atoms with Gasteiger partial charge in [0.2, 0.25) is 5.91 Å². The summed E-state index contributed by atoms with van der Waals surface area (Å²) in [6.07, 6.45) is 5.75. The largest absolute Gasteiger partial charge is 0.464 e. The molecule has 3 aliphatic rings. The van der Waals surface area contributed by atoms with Crippen LogP contribution >= 0.6 is 0 Å². The normalized spacial score (nSPS) is 31.8. The van der Waals surface area contributed by atoms with Crippen molar-refractivity contribution in [1.29, 1.82) is 0 Å². The number of rotatable bonds is 4. The lowest BCUT2D eigenvalue weighted by Crippen LogP contribution is -2.41. The third-order valence-corrected chi connectivity index (χ3v) is 5.01. The summed E-state index contributed by atoms with van der Waals surface area (Å²) in [5.41, 5.74) is 0. The minimum Gasteiger partial charge on any atom is -0.464 e. The van der Waals surface area contributed by atoms with E-state index in [1.807, 2.05) is 19.1 Å². The number of hydrogen-bond donors (Lipinski definition) is 1. The Morgan fingerprint density at radius 2 is 2.20 bits per heavy atom. The summed E-state index contributed by atoms with van der Waals surface area (Å²) in [5.74, 6) is 2.38. The molecule has 20 heavy (non-hydrogen) atoms. The Labute approximate surface area is 119 Å². The first-order valence-electron chi connectivity index (χ1n) is 7.82. The van der Waals surface area contributed by atoms with E-state index < -0.39 is 0 Å². The first-order chi connectivity index (χ1) is 9.70. The standard InChI is InChI=1S/C16H22N2O2/c1-10-2-6-13(20-10)9-18(12-4-5-12)16(19)14-8-11-3-7-15(14)17-11/h2,6,11-12,14-15,17H,3-5,7-9H2,1H3. The van der Waals surface area contributed by atoms with Crippen molar-refractivity contribution in [1.82, 2.24) is 10.2 Å². The van der Waals surface area contributed by atoms with Crippen LogP contribution in [0.25, 0.3) is 0 Å². The number of aryl methyl sites for hydroxylation is 1. The third-order valence-electron chi connectivity index (χ3n) is 5.01. The van der Waals surface area contributed by atoms with Crippen molar-refractivity contribution in [2.24, 2.45) is 5.92 Å². The fraction of sp³-hybridized carbons (Fsp3) is 0.688. The average molecular weight is 274 g/mol. The van der Waals surface area contributed by atoms with Gasteiger partial charge in [0.1, 0.15) is 11.5 Å². The summed E-state index contributed by atoms with van der Waals surface area (Å²) in [4.78, 5) is 14.9. The molecule has 1 aliphatic carbocycles. The second-order valence-corrected chi connectivity index (χ2v) is 6.60. The molecule has 4 heteroatoms. The zero-order valence-electron chi connectivity index (χ0n) is 12.0. The van der Waals surface area contributed by atoms with Crippen molar-refractivity contribution < 1.29 is 9.21 Å². The lowest BCUT2D eigenvalue weighted by Gasteiger charge is -2.28. The Balaban J connectivity index is 1.49. The first-order valence-corrected chi connectivity index (χ1v) is 7.82. The second kappa shape index (κ2) is 4.62. The van der Waals surface area contributed by atoms with Gasteiger partial charge in [0.25, 0.3) is 0 Å². The summed E-state index contributed by atoms with van der Waals surface area (Å²) in [6.45, 7) is 2.60. The van der Waals surface area contributed by atoms with E-state index in [2.05, 4.69) is 10.2 Å². The van der Waals surface area contributed by atoms with Gasteiger partial charge in [-0.3, -0.25) is 4.79 Å². The molecule has 1 saturated carbocycles. The van der Waals surface area contributed by atoms with Gasteiger partial charge in [0.15, 0.2) is 0 Å². The second-order valence-electron chi connectivity index (χ2n) is 6.60. The molecule has 3 fully saturated rings. The minimum atomic E-state index is 0.199. The van der Waals surface area contributed by atoms with E-state index in [4.69, 9.17) is 4.42 Å². The van der Waals surface area contributed by atoms with E-state index in [0.29, 0.717) is 30.6 Å². The maximum atomic E-state index is 12.9. The number of hydrogen-bond acceptors (Lipinski definition) is 3. The predicted octanol–water partition coefficient (Wildman–Crippen LogP) is 2.22. The van der Waals surface area contributed by atoms with Crippen molar-refractivity contribution in [2.75, 3.05) is 0 Å². The van der Waals surface area contributed by atoms with Crippen molar-refractivity contribution in [3.05, 3.63) is 23.7 Å². The smallest absolute Gasteiger partial charge is 0.227 e. The number of carbonyl (C=O) groups is 1. The van der Waals surface area contributed by atoms with E-state index in [1.165, 1.54) is 12.8 Å². The van der Waals surface area contributed by atoms with Crippen LogP contribution in [0.1, 0.15) is 43.6 Å². The highest BCUT2D eigenvalue weighted by Gasteiger charge is 2.46. The number of carbonyl (C=O) groups excluding carboxylic acids is 1. The summed E-state index contributed by atoms with van der Waals surface area (Å²) in [7, 11) is 0. The fourth-order valence-corrected chi connectivity index (χ4v) is 3.82. The molecule has 1 aromatic rings. The lowest BCUT2D eigenvalue weighted by molar-refractivity contribution is -0.137. The summed E-state index contributed by atoms with van der Waals surface area (Å²) >= 11 is 0. The summed E-state index contributed by atoms with van der Waals surface area (Å²) in [5, 5.41) is 3.57. The third kappa shape index (κ3) is 2.16. The van der Waals surface area contributed by atoms with Crippen molar-refractivity contribution in [3.8, 4) is 0 Å². The quantitative estimate of drug-likeness (QED) is 0.915. The Bertz CT molecular complexity index is 520. The van der Waals surface area contributed by atoms with Crippen molar-refractivity contribution in [3.63, 3.8) is 0 Å². The van der Waals surface area contributed by atoms with Crippen molar-refractivity contribution in [2.45, 2.75) is 63.7 Å². The van der Waals surface area contributed by atoms with Crippen LogP contribution < -0.4 is 5.32 Å². The molecule has 0 spiro atoms. The molecule has 2 aliphatic heterocycles. The molecule has 108 valence electrons. The zero-order valence-corrected chi connectivity index (χ0v) is 12.0. The van der Waals surface area contributed by atoms with E-state index >= 15 is 0 Å². The summed E-state index contributed by atoms with van der Waals surface area (Å²) in [6, 6.07) is 5.43. The van der Waals surface area contributed by atoms with Gasteiger partial charge in [-0.05, 0) is 51.2 Å². The number of fused-ring (bicyclic) bond motifs is 2. The molecule has 3 heterocycles. The Hall–Kier alpha value is -1.29. The topological polar surface area (TPSA) is 45.5 Å². The van der Waals surface area contributed by atoms with Crippen LogP contribution in [0.2, 0.25) is 0 Å². The average Bonchev–Trinajstić information content (AvgIpc) is 2.86. The van der Waals surface area contributed by atoms with Crippen LogP contribution in [-0.4, -0.2) is 28.9 Å². The van der Waals surface area contributed by atoms with Crippen LogP contribution in [0.15, 0.2) is 16.5 Å². The number of nitrogens with zero attached hydrogens (tertiary/aromatic N) is 1. The molecule has 4 rings (SSSR count). The highest BCUT2D eigenvalue weighted by molar-refractivity contribution is 5.81. The number of furan rings is 1. The monoisotopic (exact) mass is 274 g/mol. The number of amides is 1. The molecule has 3 atom stereocenters. The van der Waals surface area contributed by atoms with E-state index in [9.17, 15) is 4.79 Å². The zero-order chi connectivity index (χ0) is 13.7. The molecule has 3 unspecified atom stereocenters. The molecule has 1 aromatic heterocycles. The van der Waals surface area contributed by atoms with Gasteiger partial charge in [-0.1, -0.05) is 0 Å². The van der Waals surface area contributed by atoms with Crippen molar-refractivity contribution >= 4 is 5.91 Å². The molecule has 1 amide bonds. The molecule has 2 saturated heterocycles. The molecule has 0 aromatic carbocycles. The van der Waals surface area contributed by atoms with Gasteiger partial charge >= 0.3 is 0 Å². The molecule has 1 N–H and O–H groups in total. The van der Waals surface area contributed by atoms with Crippen LogP contribution in [-0.2, 0) is 11.3 Å². The fourth-order valence-electron chi connectivity index (χ4n) is 3.82. The van der Waals surface area contributed by atoms with Gasteiger partial charge in [-0.15, -0.1) is 0 Å². The Morgan fingerprint density at radius 1 is 1.35 bits per heavy atom. The molecular weight excluding hydrogens is 252 g/mol.